The number of ether oxygens (including phenoxy) is 2. The number of hydrogen-bond donors (Lipinski definition) is 0. The van der Waals surface area contributed by atoms with Gasteiger partial charge in [-0.1, -0.05) is 0 Å². The van der Waals surface area contributed by atoms with E-state index in [0.717, 1.165) is 18.4 Å². The molecule has 0 radical (unpaired) electrons. The highest BCUT2D eigenvalue weighted by molar-refractivity contribution is 6.11. The highest BCUT2D eigenvalue weighted by Gasteiger charge is 2.50. The molecular weight excluding hydrogens is 260 g/mol. The average molecular weight is 276 g/mol. The molecule has 0 bridgehead atoms. The summed E-state index contributed by atoms with van der Waals surface area (Å²) in [6.45, 7) is 2.49. The zero-order valence-electron chi connectivity index (χ0n) is 11.3. The van der Waals surface area contributed by atoms with Gasteiger partial charge in [0.25, 0.3) is 0 Å². The van der Waals surface area contributed by atoms with Crippen LogP contribution in [0.25, 0.3) is 0 Å². The number of Topliss-reactive ketones (excluding diaryl/α,β-unsaturated/α-hetero) is 1. The minimum Gasteiger partial charge on any atom is -0.490 e. The molecular formula is C15H16O5. The van der Waals surface area contributed by atoms with Gasteiger partial charge in [0.05, 0.1) is 25.4 Å². The maximum Gasteiger partial charge on any atom is 0.318 e. The lowest BCUT2D eigenvalue weighted by molar-refractivity contribution is -0.151. The van der Waals surface area contributed by atoms with Gasteiger partial charge in [0.2, 0.25) is 5.78 Å². The molecule has 1 aliphatic carbocycles. The van der Waals surface area contributed by atoms with E-state index in [-0.39, 0.29) is 18.3 Å². The Kier molecular flexibility index (Phi) is 3.34. The first kappa shape index (κ1) is 13.0. The molecule has 0 aromatic carbocycles. The van der Waals surface area contributed by atoms with E-state index in [1.54, 1.807) is 25.3 Å². The molecule has 0 fully saturated rings. The summed E-state index contributed by atoms with van der Waals surface area (Å²) in [7, 11) is 0. The quantitative estimate of drug-likeness (QED) is 0.625. The van der Waals surface area contributed by atoms with Crippen molar-refractivity contribution in [3.63, 3.8) is 0 Å². The normalized spacial score (nSPS) is 25.4. The molecule has 5 heteroatoms. The number of hydrogen-bond acceptors (Lipinski definition) is 5. The number of carbonyl (C=O) groups is 2. The van der Waals surface area contributed by atoms with Gasteiger partial charge >= 0.3 is 5.97 Å². The summed E-state index contributed by atoms with van der Waals surface area (Å²) >= 11 is 0. The Bertz CT molecular complexity index is 555. The molecule has 1 aliphatic heterocycles. The van der Waals surface area contributed by atoms with Crippen molar-refractivity contribution in [2.45, 2.75) is 25.7 Å². The van der Waals surface area contributed by atoms with Crippen LogP contribution in [-0.4, -0.2) is 25.0 Å². The summed E-state index contributed by atoms with van der Waals surface area (Å²) < 4.78 is 16.0. The summed E-state index contributed by atoms with van der Waals surface area (Å²) in [5.41, 5.74) is 0.870. The molecule has 5 nitrogen and oxygen atoms in total. The van der Waals surface area contributed by atoms with Crippen LogP contribution in [0.1, 0.15) is 31.4 Å². The van der Waals surface area contributed by atoms with Crippen molar-refractivity contribution in [3.05, 3.63) is 35.5 Å². The van der Waals surface area contributed by atoms with Crippen LogP contribution in [0.3, 0.4) is 0 Å². The van der Waals surface area contributed by atoms with Gasteiger partial charge in [-0.2, -0.15) is 0 Å². The summed E-state index contributed by atoms with van der Waals surface area (Å²) in [5, 5.41) is 0. The summed E-state index contributed by atoms with van der Waals surface area (Å²) in [4.78, 5) is 24.6. The second-order valence-corrected chi connectivity index (χ2v) is 4.89. The average Bonchev–Trinajstić information content (AvgIpc) is 3.06. The fourth-order valence-electron chi connectivity index (χ4n) is 2.94. The lowest BCUT2D eigenvalue weighted by atomic mass is 9.86. The Morgan fingerprint density at radius 1 is 1.50 bits per heavy atom. The molecule has 2 aliphatic rings. The molecule has 0 saturated carbocycles. The van der Waals surface area contributed by atoms with E-state index < -0.39 is 11.9 Å². The Balaban J connectivity index is 2.01. The third kappa shape index (κ3) is 1.94. The van der Waals surface area contributed by atoms with E-state index in [2.05, 4.69) is 0 Å². The van der Waals surface area contributed by atoms with Crippen molar-refractivity contribution < 1.29 is 23.5 Å². The van der Waals surface area contributed by atoms with Crippen LogP contribution in [0.2, 0.25) is 0 Å². The maximum absolute atomic E-state index is 12.4. The van der Waals surface area contributed by atoms with Crippen LogP contribution < -0.4 is 0 Å². The summed E-state index contributed by atoms with van der Waals surface area (Å²) in [6.07, 6.45) is 3.14. The lowest BCUT2D eigenvalue weighted by Gasteiger charge is -2.19. The second-order valence-electron chi connectivity index (χ2n) is 4.89. The molecule has 0 N–H and O–H groups in total. The van der Waals surface area contributed by atoms with Gasteiger partial charge in [0.15, 0.2) is 5.76 Å². The summed E-state index contributed by atoms with van der Waals surface area (Å²) in [6, 6.07) is 3.54. The van der Waals surface area contributed by atoms with E-state index in [0.29, 0.717) is 18.1 Å². The van der Waals surface area contributed by atoms with Crippen molar-refractivity contribution in [2.75, 3.05) is 13.2 Å². The van der Waals surface area contributed by atoms with Gasteiger partial charge < -0.3 is 13.9 Å². The Morgan fingerprint density at radius 2 is 2.35 bits per heavy atom. The number of furan rings is 1. The SMILES string of the molecule is CCOC(=O)C1C(=O)C2=C(CCCO2)C1c1ccco1. The topological polar surface area (TPSA) is 65.7 Å². The van der Waals surface area contributed by atoms with Crippen molar-refractivity contribution in [1.29, 1.82) is 0 Å². The van der Waals surface area contributed by atoms with Crippen LogP contribution in [0.5, 0.6) is 0 Å². The minimum atomic E-state index is -0.871. The zero-order valence-corrected chi connectivity index (χ0v) is 11.3. The predicted octanol–water partition coefficient (Wildman–Crippen LogP) is 2.19. The molecule has 0 spiro atoms. The van der Waals surface area contributed by atoms with Crippen LogP contribution in [0.15, 0.2) is 34.1 Å². The minimum absolute atomic E-state index is 0.249. The molecule has 3 rings (SSSR count). The van der Waals surface area contributed by atoms with E-state index in [1.807, 2.05) is 0 Å². The molecule has 2 atom stereocenters. The van der Waals surface area contributed by atoms with Crippen LogP contribution in [0, 0.1) is 5.92 Å². The number of ketones is 1. The standard InChI is InChI=1S/C15H16O5/c1-2-18-15(17)12-11(10-6-4-7-19-10)9-5-3-8-20-14(9)13(12)16/h4,6-7,11-12H,2-3,5,8H2,1H3. The molecule has 1 aromatic heterocycles. The first-order valence-electron chi connectivity index (χ1n) is 6.84. The molecule has 2 unspecified atom stereocenters. The van der Waals surface area contributed by atoms with Gasteiger partial charge in [0, 0.05) is 0 Å². The van der Waals surface area contributed by atoms with Crippen molar-refractivity contribution >= 4 is 11.8 Å². The van der Waals surface area contributed by atoms with Crippen LogP contribution in [-0.2, 0) is 19.1 Å². The van der Waals surface area contributed by atoms with Gasteiger partial charge in [0.1, 0.15) is 11.7 Å². The Labute approximate surface area is 116 Å². The number of carbonyl (C=O) groups excluding carboxylic acids is 2. The molecule has 106 valence electrons. The van der Waals surface area contributed by atoms with Crippen LogP contribution in [0.4, 0.5) is 0 Å². The van der Waals surface area contributed by atoms with Gasteiger partial charge in [-0.25, -0.2) is 0 Å². The monoisotopic (exact) mass is 276 g/mol. The van der Waals surface area contributed by atoms with Crippen molar-refractivity contribution in [1.82, 2.24) is 0 Å². The third-order valence-electron chi connectivity index (χ3n) is 3.73. The van der Waals surface area contributed by atoms with Crippen molar-refractivity contribution in [3.8, 4) is 0 Å². The predicted molar refractivity (Wildman–Crippen MR) is 68.8 cm³/mol. The van der Waals surface area contributed by atoms with Gasteiger partial charge in [-0.3, -0.25) is 9.59 Å². The van der Waals surface area contributed by atoms with E-state index in [9.17, 15) is 9.59 Å². The number of allylic oxidation sites excluding steroid dienone is 2. The summed E-state index contributed by atoms with van der Waals surface area (Å²) in [5.74, 6) is -1.07. The highest BCUT2D eigenvalue weighted by Crippen LogP contribution is 2.46. The highest BCUT2D eigenvalue weighted by atomic mass is 16.5. The van der Waals surface area contributed by atoms with Crippen molar-refractivity contribution in [2.24, 2.45) is 5.92 Å². The molecule has 2 heterocycles. The van der Waals surface area contributed by atoms with Crippen LogP contribution >= 0.6 is 0 Å². The number of rotatable bonds is 3. The fourth-order valence-corrected chi connectivity index (χ4v) is 2.94. The Hall–Kier alpha value is -2.04. The van der Waals surface area contributed by atoms with E-state index in [4.69, 9.17) is 13.9 Å². The van der Waals surface area contributed by atoms with E-state index in [1.165, 1.54) is 0 Å². The zero-order chi connectivity index (χ0) is 14.1. The first-order valence-corrected chi connectivity index (χ1v) is 6.84. The van der Waals surface area contributed by atoms with Gasteiger partial charge in [-0.05, 0) is 37.5 Å². The maximum atomic E-state index is 12.4. The Morgan fingerprint density at radius 3 is 3.05 bits per heavy atom. The van der Waals surface area contributed by atoms with E-state index >= 15 is 0 Å². The van der Waals surface area contributed by atoms with Gasteiger partial charge in [-0.15, -0.1) is 0 Å². The lowest BCUT2D eigenvalue weighted by Crippen LogP contribution is -2.28. The molecule has 20 heavy (non-hydrogen) atoms. The molecule has 0 saturated heterocycles. The third-order valence-corrected chi connectivity index (χ3v) is 3.73. The first-order chi connectivity index (χ1) is 9.74. The smallest absolute Gasteiger partial charge is 0.318 e. The number of esters is 1. The molecule has 1 aromatic rings. The largest absolute Gasteiger partial charge is 0.490 e. The molecule has 0 amide bonds. The second kappa shape index (κ2) is 5.15. The fraction of sp³-hybridized carbons (Fsp3) is 0.467.